The van der Waals surface area contributed by atoms with E-state index >= 15 is 0 Å². The van der Waals surface area contributed by atoms with Gasteiger partial charge in [0.05, 0.1) is 16.8 Å². The van der Waals surface area contributed by atoms with E-state index < -0.39 is 35.6 Å². The number of amides is 2. The molecule has 12 heteroatoms. The van der Waals surface area contributed by atoms with E-state index in [1.165, 1.54) is 30.3 Å². The zero-order chi connectivity index (χ0) is 39.0. The van der Waals surface area contributed by atoms with Gasteiger partial charge in [0.25, 0.3) is 11.8 Å². The number of carbonyl (C=O) groups excluding carboxylic acids is 2. The van der Waals surface area contributed by atoms with Crippen molar-refractivity contribution in [2.45, 2.75) is 25.2 Å². The summed E-state index contributed by atoms with van der Waals surface area (Å²) in [5.74, 6) is -0.873. The van der Waals surface area contributed by atoms with Crippen molar-refractivity contribution < 1.29 is 42.1 Å². The van der Waals surface area contributed by atoms with Crippen LogP contribution in [0.15, 0.2) is 146 Å². The zero-order valence-electron chi connectivity index (χ0n) is 28.8. The third-order valence-corrected chi connectivity index (χ3v) is 8.68. The second kappa shape index (κ2) is 17.0. The van der Waals surface area contributed by atoms with Crippen molar-refractivity contribution in [1.82, 2.24) is 5.32 Å². The number of aliphatic carboxylic acids is 1. The first kappa shape index (κ1) is 38.1. The maximum absolute atomic E-state index is 13.5. The number of anilines is 1. The molecule has 2 amide bonds. The number of alkyl halides is 3. The number of nitrogens with one attached hydrogen (secondary N) is 2. The van der Waals surface area contributed by atoms with Crippen LogP contribution in [0.25, 0.3) is 11.1 Å². The molecule has 278 valence electrons. The van der Waals surface area contributed by atoms with Crippen molar-refractivity contribution >= 4 is 35.1 Å². The summed E-state index contributed by atoms with van der Waals surface area (Å²) in [4.78, 5) is 39.0. The van der Waals surface area contributed by atoms with Gasteiger partial charge in [-0.15, -0.1) is 0 Å². The lowest BCUT2D eigenvalue weighted by molar-refractivity contribution is -0.139. The van der Waals surface area contributed by atoms with Gasteiger partial charge >= 0.3 is 12.1 Å². The quantitative estimate of drug-likeness (QED) is 0.108. The van der Waals surface area contributed by atoms with E-state index in [1.807, 2.05) is 30.3 Å². The van der Waals surface area contributed by atoms with Crippen molar-refractivity contribution in [2.24, 2.45) is 0 Å². The van der Waals surface area contributed by atoms with Crippen molar-refractivity contribution in [2.75, 3.05) is 5.32 Å². The fraction of sp³-hybridized carbons (Fsp3) is 0.0930. The molecule has 0 aliphatic carbocycles. The highest BCUT2D eigenvalue weighted by Crippen LogP contribution is 2.32. The Balaban J connectivity index is 1.10. The van der Waals surface area contributed by atoms with Gasteiger partial charge in [-0.2, -0.15) is 13.2 Å². The Labute approximate surface area is 319 Å². The van der Waals surface area contributed by atoms with Crippen LogP contribution in [0.5, 0.6) is 17.2 Å². The molecule has 6 aromatic carbocycles. The highest BCUT2D eigenvalue weighted by Gasteiger charge is 2.30. The molecule has 0 spiro atoms. The van der Waals surface area contributed by atoms with Crippen LogP contribution in [0.2, 0.25) is 5.02 Å². The van der Waals surface area contributed by atoms with E-state index in [2.05, 4.69) is 10.6 Å². The van der Waals surface area contributed by atoms with Gasteiger partial charge in [-0.05, 0) is 89.5 Å². The molecule has 0 saturated carbocycles. The van der Waals surface area contributed by atoms with Gasteiger partial charge in [0.1, 0.15) is 29.9 Å². The fourth-order valence-electron chi connectivity index (χ4n) is 5.58. The van der Waals surface area contributed by atoms with Crippen LogP contribution >= 0.6 is 11.6 Å². The van der Waals surface area contributed by atoms with Crippen LogP contribution in [0.1, 0.15) is 37.4 Å². The molecule has 0 aliphatic rings. The van der Waals surface area contributed by atoms with Crippen LogP contribution in [0, 0.1) is 0 Å². The number of carbonyl (C=O) groups is 3. The third-order valence-electron chi connectivity index (χ3n) is 8.44. The molecule has 55 heavy (non-hydrogen) atoms. The Bertz CT molecular complexity index is 2280. The maximum atomic E-state index is 13.5. The Morgan fingerprint density at radius 1 is 0.709 bits per heavy atom. The molecule has 0 radical (unpaired) electrons. The third kappa shape index (κ3) is 10.1. The molecule has 0 bridgehead atoms. The lowest BCUT2D eigenvalue weighted by Gasteiger charge is -2.17. The zero-order valence-corrected chi connectivity index (χ0v) is 29.6. The summed E-state index contributed by atoms with van der Waals surface area (Å²) >= 11 is 6.21. The van der Waals surface area contributed by atoms with Crippen molar-refractivity contribution in [3.63, 3.8) is 0 Å². The number of ether oxygens (including phenoxy) is 2. The van der Waals surface area contributed by atoms with Crippen LogP contribution in [-0.2, 0) is 24.0 Å². The van der Waals surface area contributed by atoms with E-state index in [0.29, 0.717) is 33.9 Å². The second-order valence-electron chi connectivity index (χ2n) is 12.3. The first-order valence-corrected chi connectivity index (χ1v) is 17.3. The molecule has 1 atom stereocenters. The first-order valence-electron chi connectivity index (χ1n) is 16.9. The predicted molar refractivity (Wildman–Crippen MR) is 203 cm³/mol. The summed E-state index contributed by atoms with van der Waals surface area (Å²) in [5, 5.41) is 15.5. The molecular weight excluding hydrogens is 733 g/mol. The Morgan fingerprint density at radius 3 is 2.02 bits per heavy atom. The maximum Gasteiger partial charge on any atom is 0.416 e. The summed E-state index contributed by atoms with van der Waals surface area (Å²) in [6, 6.07) is 37.5. The van der Waals surface area contributed by atoms with E-state index in [9.17, 15) is 32.7 Å². The monoisotopic (exact) mass is 764 g/mol. The lowest BCUT2D eigenvalue weighted by Crippen LogP contribution is -2.42. The van der Waals surface area contributed by atoms with Gasteiger partial charge < -0.3 is 25.2 Å². The molecule has 6 rings (SSSR count). The highest BCUT2D eigenvalue weighted by molar-refractivity contribution is 6.31. The number of para-hydroxylation sites is 2. The van der Waals surface area contributed by atoms with Crippen LogP contribution in [0.4, 0.5) is 18.9 Å². The first-order chi connectivity index (χ1) is 26.4. The average Bonchev–Trinajstić information content (AvgIpc) is 3.18. The number of hydrogen-bond acceptors (Lipinski definition) is 5. The number of benzene rings is 6. The molecule has 8 nitrogen and oxygen atoms in total. The minimum Gasteiger partial charge on any atom is -0.488 e. The molecule has 0 aromatic heterocycles. The topological polar surface area (TPSA) is 114 Å². The summed E-state index contributed by atoms with van der Waals surface area (Å²) in [7, 11) is 0. The Kier molecular flexibility index (Phi) is 11.8. The molecular formula is C43H32ClF3N2O6. The smallest absolute Gasteiger partial charge is 0.416 e. The van der Waals surface area contributed by atoms with E-state index in [0.717, 1.165) is 23.3 Å². The predicted octanol–water partition coefficient (Wildman–Crippen LogP) is 10.1. The Morgan fingerprint density at radius 2 is 1.35 bits per heavy atom. The average molecular weight is 765 g/mol. The summed E-state index contributed by atoms with van der Waals surface area (Å²) in [5.41, 5.74) is 2.29. The molecule has 1 unspecified atom stereocenters. The number of halogens is 4. The van der Waals surface area contributed by atoms with Crippen molar-refractivity contribution in [3.05, 3.63) is 178 Å². The highest BCUT2D eigenvalue weighted by atomic mass is 35.5. The van der Waals surface area contributed by atoms with E-state index in [1.54, 1.807) is 72.8 Å². The van der Waals surface area contributed by atoms with E-state index in [4.69, 9.17) is 21.1 Å². The molecule has 6 aromatic rings. The van der Waals surface area contributed by atoms with Crippen LogP contribution < -0.4 is 20.1 Å². The molecule has 3 N–H and O–H groups in total. The van der Waals surface area contributed by atoms with Gasteiger partial charge in [-0.1, -0.05) is 84.4 Å². The molecule has 0 heterocycles. The van der Waals surface area contributed by atoms with Crippen molar-refractivity contribution in [1.29, 1.82) is 0 Å². The largest absolute Gasteiger partial charge is 0.488 e. The van der Waals surface area contributed by atoms with Gasteiger partial charge in [0.15, 0.2) is 0 Å². The fourth-order valence-corrected chi connectivity index (χ4v) is 5.75. The van der Waals surface area contributed by atoms with Gasteiger partial charge in [0.2, 0.25) is 0 Å². The SMILES string of the molecule is O=C(Nc1ccc(Cl)cc1C(=O)NC(Cc1ccc(-c2ccccc2OCc2ccc(C(F)(F)F)cc2)cc1)C(=O)O)c1ccc(Oc2ccccc2)cc1. The molecule has 0 aliphatic heterocycles. The van der Waals surface area contributed by atoms with Gasteiger partial charge in [-0.3, -0.25) is 9.59 Å². The number of carboxylic acids is 1. The molecule has 0 saturated heterocycles. The normalized spacial score (nSPS) is 11.6. The number of rotatable bonds is 13. The standard InChI is InChI=1S/C43H32ClF3N2O6/c44-32-20-23-37(48-40(50)30-16-21-34(22-17-30)55-33-6-2-1-3-7-33)36(25-32)41(51)49-38(42(52)53)24-27-10-14-29(15-11-27)35-8-4-5-9-39(35)54-26-28-12-18-31(19-13-28)43(45,46)47/h1-23,25,38H,24,26H2,(H,48,50)(H,49,51)(H,52,53). The van der Waals surface area contributed by atoms with E-state index in [-0.39, 0.29) is 29.3 Å². The molecule has 0 fully saturated rings. The summed E-state index contributed by atoms with van der Waals surface area (Å²) in [6.07, 6.45) is -4.49. The lowest BCUT2D eigenvalue weighted by atomic mass is 9.99. The van der Waals surface area contributed by atoms with Crippen molar-refractivity contribution in [3.8, 4) is 28.4 Å². The minimum atomic E-state index is -4.43. The van der Waals surface area contributed by atoms with Gasteiger partial charge in [0, 0.05) is 22.6 Å². The second-order valence-corrected chi connectivity index (χ2v) is 12.8. The van der Waals surface area contributed by atoms with Crippen LogP contribution in [-0.4, -0.2) is 28.9 Å². The number of hydrogen-bond donors (Lipinski definition) is 3. The summed E-state index contributed by atoms with van der Waals surface area (Å²) in [6.45, 7) is 0.0446. The number of carboxylic acid groups (broad SMARTS) is 1. The van der Waals surface area contributed by atoms with Gasteiger partial charge in [-0.25, -0.2) is 4.79 Å². The minimum absolute atomic E-state index is 0.0284. The Hall–Kier alpha value is -6.59. The summed E-state index contributed by atoms with van der Waals surface area (Å²) < 4.78 is 50.6. The van der Waals surface area contributed by atoms with Crippen LogP contribution in [0.3, 0.4) is 0 Å².